The van der Waals surface area contributed by atoms with Crippen LogP contribution >= 0.6 is 0 Å². The summed E-state index contributed by atoms with van der Waals surface area (Å²) in [6.07, 6.45) is 0. The molecular weight excluding hydrogens is 389 g/mol. The number of nitrogens with zero attached hydrogens (tertiary/aromatic N) is 3. The lowest BCUT2D eigenvalue weighted by Gasteiger charge is -2.16. The fourth-order valence-electron chi connectivity index (χ4n) is 2.61. The van der Waals surface area contributed by atoms with Gasteiger partial charge in [0.2, 0.25) is 5.95 Å². The number of aliphatic hydroxyl groups is 1. The average molecular weight is 406 g/mol. The van der Waals surface area contributed by atoms with E-state index in [0.29, 0.717) is 11.4 Å². The molecule has 0 aliphatic carbocycles. The summed E-state index contributed by atoms with van der Waals surface area (Å²) in [4.78, 5) is 15.9. The molecule has 0 aliphatic heterocycles. The van der Waals surface area contributed by atoms with Crippen molar-refractivity contribution in [1.29, 1.82) is 0 Å². The standard InChI is InChI=1S/C19H17F3N4O3/c1-10-3-4-12(29-2)7-15(10)23-19-24-18(28)16(9-27)25-26(19)8-11-5-13(20)17(22)14(21)6-11/h3-7,27H,8-9H2,1-2H3,(H,23,24,28). The van der Waals surface area contributed by atoms with Gasteiger partial charge in [0.1, 0.15) is 5.75 Å². The Hall–Kier alpha value is -3.40. The van der Waals surface area contributed by atoms with Crippen molar-refractivity contribution in [3.8, 4) is 5.75 Å². The van der Waals surface area contributed by atoms with Gasteiger partial charge in [0, 0.05) is 11.8 Å². The third-order valence-electron chi connectivity index (χ3n) is 4.16. The number of hydrogen-bond acceptors (Lipinski definition) is 6. The molecule has 1 heterocycles. The van der Waals surface area contributed by atoms with Gasteiger partial charge in [-0.05, 0) is 36.2 Å². The van der Waals surface area contributed by atoms with Crippen LogP contribution in [0.1, 0.15) is 16.8 Å². The maximum atomic E-state index is 13.6. The quantitative estimate of drug-likeness (QED) is 0.612. The van der Waals surface area contributed by atoms with Crippen molar-refractivity contribution in [3.63, 3.8) is 0 Å². The molecule has 0 spiro atoms. The average Bonchev–Trinajstić information content (AvgIpc) is 2.69. The number of ether oxygens (including phenoxy) is 1. The van der Waals surface area contributed by atoms with E-state index in [2.05, 4.69) is 15.4 Å². The first-order valence-electron chi connectivity index (χ1n) is 8.46. The monoisotopic (exact) mass is 406 g/mol. The van der Waals surface area contributed by atoms with Gasteiger partial charge in [-0.1, -0.05) is 6.07 Å². The van der Waals surface area contributed by atoms with Crippen molar-refractivity contribution in [2.75, 3.05) is 12.4 Å². The van der Waals surface area contributed by atoms with Gasteiger partial charge in [-0.25, -0.2) is 17.9 Å². The van der Waals surface area contributed by atoms with Crippen molar-refractivity contribution >= 4 is 11.6 Å². The molecule has 2 aromatic carbocycles. The van der Waals surface area contributed by atoms with Gasteiger partial charge in [0.25, 0.3) is 5.56 Å². The van der Waals surface area contributed by atoms with Gasteiger partial charge in [0.15, 0.2) is 23.1 Å². The van der Waals surface area contributed by atoms with Crippen molar-refractivity contribution in [3.05, 3.63) is 75.0 Å². The van der Waals surface area contributed by atoms with Gasteiger partial charge >= 0.3 is 0 Å². The number of aliphatic hydroxyl groups excluding tert-OH is 1. The van der Waals surface area contributed by atoms with Crippen molar-refractivity contribution in [2.24, 2.45) is 0 Å². The van der Waals surface area contributed by atoms with Crippen LogP contribution in [0.25, 0.3) is 0 Å². The zero-order valence-electron chi connectivity index (χ0n) is 15.5. The Labute approximate surface area is 163 Å². The molecule has 0 radical (unpaired) electrons. The maximum absolute atomic E-state index is 13.6. The van der Waals surface area contributed by atoms with Crippen LogP contribution in [0.15, 0.2) is 35.1 Å². The molecule has 0 atom stereocenters. The minimum absolute atomic E-state index is 0.0336. The Morgan fingerprint density at radius 2 is 1.86 bits per heavy atom. The molecule has 0 bridgehead atoms. The highest BCUT2D eigenvalue weighted by Crippen LogP contribution is 2.24. The summed E-state index contributed by atoms with van der Waals surface area (Å²) in [6, 6.07) is 6.83. The predicted molar refractivity (Wildman–Crippen MR) is 98.6 cm³/mol. The Morgan fingerprint density at radius 1 is 1.17 bits per heavy atom. The number of benzene rings is 2. The van der Waals surface area contributed by atoms with Crippen LogP contribution < -0.4 is 15.6 Å². The van der Waals surface area contributed by atoms with Crippen LogP contribution in [0, 0.1) is 24.4 Å². The van der Waals surface area contributed by atoms with Gasteiger partial charge in [-0.15, -0.1) is 0 Å². The smallest absolute Gasteiger partial charge is 0.298 e. The number of anilines is 2. The van der Waals surface area contributed by atoms with E-state index >= 15 is 0 Å². The molecule has 10 heteroatoms. The van der Waals surface area contributed by atoms with Crippen LogP contribution in [0.5, 0.6) is 5.75 Å². The molecule has 0 unspecified atom stereocenters. The fourth-order valence-corrected chi connectivity index (χ4v) is 2.61. The fraction of sp³-hybridized carbons (Fsp3) is 0.211. The molecule has 0 fully saturated rings. The minimum atomic E-state index is -1.58. The molecule has 1 aromatic heterocycles. The highest BCUT2D eigenvalue weighted by Gasteiger charge is 2.15. The highest BCUT2D eigenvalue weighted by atomic mass is 19.2. The lowest BCUT2D eigenvalue weighted by Crippen LogP contribution is -2.25. The summed E-state index contributed by atoms with van der Waals surface area (Å²) in [5.41, 5.74) is 0.398. The van der Waals surface area contributed by atoms with Crippen LogP contribution in [0.3, 0.4) is 0 Å². The lowest BCUT2D eigenvalue weighted by molar-refractivity contribution is 0.271. The first kappa shape index (κ1) is 20.3. The summed E-state index contributed by atoms with van der Waals surface area (Å²) in [5, 5.41) is 16.2. The SMILES string of the molecule is COc1ccc(C)c(Nc2nc(=O)c(CO)nn2Cc2cc(F)c(F)c(F)c2)c1. The van der Waals surface area contributed by atoms with E-state index < -0.39 is 29.6 Å². The van der Waals surface area contributed by atoms with E-state index in [4.69, 9.17) is 4.74 Å². The van der Waals surface area contributed by atoms with E-state index in [1.165, 1.54) is 7.11 Å². The van der Waals surface area contributed by atoms with Gasteiger partial charge in [-0.2, -0.15) is 10.1 Å². The summed E-state index contributed by atoms with van der Waals surface area (Å²) in [7, 11) is 1.50. The van der Waals surface area contributed by atoms with E-state index in [0.717, 1.165) is 22.4 Å². The number of rotatable bonds is 6. The van der Waals surface area contributed by atoms with Crippen molar-refractivity contribution in [1.82, 2.24) is 14.8 Å². The first-order chi connectivity index (χ1) is 13.8. The third kappa shape index (κ3) is 4.37. The van der Waals surface area contributed by atoms with E-state index in [1.807, 2.05) is 6.92 Å². The topological polar surface area (TPSA) is 89.3 Å². The lowest BCUT2D eigenvalue weighted by atomic mass is 10.2. The molecule has 152 valence electrons. The van der Waals surface area contributed by atoms with Gasteiger partial charge in [0.05, 0.1) is 20.3 Å². The highest BCUT2D eigenvalue weighted by molar-refractivity contribution is 5.60. The summed E-state index contributed by atoms with van der Waals surface area (Å²) >= 11 is 0. The zero-order chi connectivity index (χ0) is 21.1. The summed E-state index contributed by atoms with van der Waals surface area (Å²) < 4.78 is 46.7. The zero-order valence-corrected chi connectivity index (χ0v) is 15.5. The second kappa shape index (κ2) is 8.31. The molecular formula is C19H17F3N4O3. The maximum Gasteiger partial charge on any atom is 0.298 e. The van der Waals surface area contributed by atoms with Crippen molar-refractivity contribution in [2.45, 2.75) is 20.1 Å². The molecule has 29 heavy (non-hydrogen) atoms. The largest absolute Gasteiger partial charge is 0.497 e. The number of nitrogens with one attached hydrogen (secondary N) is 1. The molecule has 3 rings (SSSR count). The Bertz CT molecular complexity index is 1100. The molecule has 0 aliphatic rings. The number of aryl methyl sites for hydroxylation is 1. The van der Waals surface area contributed by atoms with Crippen LogP contribution in [0.2, 0.25) is 0 Å². The van der Waals surface area contributed by atoms with Gasteiger partial charge in [-0.3, -0.25) is 4.79 Å². The second-order valence-electron chi connectivity index (χ2n) is 6.18. The minimum Gasteiger partial charge on any atom is -0.497 e. The molecule has 0 saturated heterocycles. The van der Waals surface area contributed by atoms with Crippen LogP contribution in [-0.2, 0) is 13.2 Å². The predicted octanol–water partition coefficient (Wildman–Crippen LogP) is 2.66. The van der Waals surface area contributed by atoms with Crippen LogP contribution in [0.4, 0.5) is 24.8 Å². The Kier molecular flexibility index (Phi) is 5.83. The number of aromatic nitrogens is 3. The Balaban J connectivity index is 2.06. The number of halogens is 3. The second-order valence-corrected chi connectivity index (χ2v) is 6.18. The number of hydrogen-bond donors (Lipinski definition) is 2. The molecule has 3 aromatic rings. The van der Waals surface area contributed by atoms with E-state index in [1.54, 1.807) is 18.2 Å². The molecule has 7 nitrogen and oxygen atoms in total. The van der Waals surface area contributed by atoms with E-state index in [-0.39, 0.29) is 23.8 Å². The summed E-state index contributed by atoms with van der Waals surface area (Å²) in [6.45, 7) is 0.903. The summed E-state index contributed by atoms with van der Waals surface area (Å²) in [5.74, 6) is -3.77. The van der Waals surface area contributed by atoms with Gasteiger partial charge < -0.3 is 15.2 Å². The van der Waals surface area contributed by atoms with E-state index in [9.17, 15) is 23.1 Å². The Morgan fingerprint density at radius 3 is 2.48 bits per heavy atom. The third-order valence-corrected chi connectivity index (χ3v) is 4.16. The van der Waals surface area contributed by atoms with Crippen molar-refractivity contribution < 1.29 is 23.0 Å². The molecule has 0 saturated carbocycles. The molecule has 0 amide bonds. The first-order valence-corrected chi connectivity index (χ1v) is 8.46. The van der Waals surface area contributed by atoms with Crippen LogP contribution in [-0.4, -0.2) is 27.0 Å². The normalized spacial score (nSPS) is 10.8. The number of methoxy groups -OCH3 is 1. The molecule has 2 N–H and O–H groups in total.